The summed E-state index contributed by atoms with van der Waals surface area (Å²) in [6.07, 6.45) is 0.160. The quantitative estimate of drug-likeness (QED) is 0.431. The van der Waals surface area contributed by atoms with E-state index in [1.807, 2.05) is 17.9 Å². The van der Waals surface area contributed by atoms with Crippen LogP contribution in [0, 0.1) is 12.3 Å². The Balaban J connectivity index is 1.45. The van der Waals surface area contributed by atoms with Gasteiger partial charge in [0.05, 0.1) is 12.2 Å². The van der Waals surface area contributed by atoms with Gasteiger partial charge in [0.2, 0.25) is 5.91 Å². The molecular formula is C28H32ClF3N2O3. The van der Waals surface area contributed by atoms with Gasteiger partial charge in [-0.2, -0.15) is 13.2 Å². The molecule has 9 heteroatoms. The van der Waals surface area contributed by atoms with Crippen LogP contribution >= 0.6 is 11.6 Å². The van der Waals surface area contributed by atoms with E-state index >= 15 is 0 Å². The van der Waals surface area contributed by atoms with Crippen molar-refractivity contribution in [3.8, 4) is 5.75 Å². The van der Waals surface area contributed by atoms with Crippen LogP contribution in [0.2, 0.25) is 5.02 Å². The molecule has 2 aromatic carbocycles. The SMILES string of the molecule is Cc1cc(OCC2(CC(=O)N3CCCCC3)CCN(C(=O)c3ccc(C(F)(F)F)cc3)CC2)ccc1Cl. The lowest BCUT2D eigenvalue weighted by Crippen LogP contribution is -2.48. The van der Waals surface area contributed by atoms with Crippen molar-refractivity contribution in [3.63, 3.8) is 0 Å². The van der Waals surface area contributed by atoms with Gasteiger partial charge in [0.25, 0.3) is 5.91 Å². The average molecular weight is 537 g/mol. The summed E-state index contributed by atoms with van der Waals surface area (Å²) in [4.78, 5) is 29.8. The highest BCUT2D eigenvalue weighted by molar-refractivity contribution is 6.31. The van der Waals surface area contributed by atoms with E-state index in [9.17, 15) is 22.8 Å². The van der Waals surface area contributed by atoms with Crippen LogP contribution < -0.4 is 4.74 Å². The fraction of sp³-hybridized carbons (Fsp3) is 0.500. The van der Waals surface area contributed by atoms with Crippen molar-refractivity contribution < 1.29 is 27.5 Å². The van der Waals surface area contributed by atoms with Crippen molar-refractivity contribution in [2.24, 2.45) is 5.41 Å². The number of alkyl halides is 3. The fourth-order valence-electron chi connectivity index (χ4n) is 5.06. The number of hydrogen-bond acceptors (Lipinski definition) is 3. The number of rotatable bonds is 6. The minimum Gasteiger partial charge on any atom is -0.493 e. The van der Waals surface area contributed by atoms with Gasteiger partial charge >= 0.3 is 6.18 Å². The number of likely N-dealkylation sites (tertiary alicyclic amines) is 2. The van der Waals surface area contributed by atoms with Gasteiger partial charge in [0, 0.05) is 48.6 Å². The Bertz CT molecular complexity index is 1110. The van der Waals surface area contributed by atoms with Gasteiger partial charge in [-0.25, -0.2) is 0 Å². The van der Waals surface area contributed by atoms with Crippen LogP contribution in [0.5, 0.6) is 5.75 Å². The van der Waals surface area contributed by atoms with Crippen molar-refractivity contribution >= 4 is 23.4 Å². The molecule has 5 nitrogen and oxygen atoms in total. The van der Waals surface area contributed by atoms with Crippen molar-refractivity contribution in [2.45, 2.75) is 51.6 Å². The molecule has 2 aliphatic heterocycles. The van der Waals surface area contributed by atoms with E-state index in [1.54, 1.807) is 17.0 Å². The lowest BCUT2D eigenvalue weighted by atomic mass is 9.75. The zero-order chi connectivity index (χ0) is 26.6. The first kappa shape index (κ1) is 27.3. The van der Waals surface area contributed by atoms with Gasteiger partial charge in [-0.05, 0) is 87.1 Å². The number of benzene rings is 2. The molecule has 0 bridgehead atoms. The molecule has 0 radical (unpaired) electrons. The zero-order valence-electron chi connectivity index (χ0n) is 21.0. The normalized spacial score (nSPS) is 18.0. The minimum atomic E-state index is -4.45. The number of ether oxygens (including phenoxy) is 1. The molecule has 2 saturated heterocycles. The summed E-state index contributed by atoms with van der Waals surface area (Å²) in [6, 6.07) is 9.76. The van der Waals surface area contributed by atoms with Crippen molar-refractivity contribution in [3.05, 3.63) is 64.2 Å². The van der Waals surface area contributed by atoms with Crippen LogP contribution in [0.1, 0.15) is 60.0 Å². The lowest BCUT2D eigenvalue weighted by molar-refractivity contribution is -0.138. The molecule has 0 N–H and O–H groups in total. The van der Waals surface area contributed by atoms with E-state index < -0.39 is 17.2 Å². The van der Waals surface area contributed by atoms with E-state index in [4.69, 9.17) is 16.3 Å². The molecule has 0 aromatic heterocycles. The van der Waals surface area contributed by atoms with E-state index in [2.05, 4.69) is 0 Å². The van der Waals surface area contributed by atoms with Crippen LogP contribution in [0.4, 0.5) is 13.2 Å². The third-order valence-corrected chi connectivity index (χ3v) is 7.90. The van der Waals surface area contributed by atoms with Gasteiger partial charge in [-0.1, -0.05) is 11.6 Å². The second-order valence-electron chi connectivity index (χ2n) is 10.2. The Hall–Kier alpha value is -2.74. The van der Waals surface area contributed by atoms with E-state index in [0.717, 1.165) is 50.0 Å². The average Bonchev–Trinajstić information content (AvgIpc) is 2.89. The number of piperidine rings is 2. The molecule has 0 aliphatic carbocycles. The Morgan fingerprint density at radius 3 is 2.19 bits per heavy atom. The number of amides is 2. The zero-order valence-corrected chi connectivity index (χ0v) is 21.7. The largest absolute Gasteiger partial charge is 0.493 e. The lowest BCUT2D eigenvalue weighted by Gasteiger charge is -2.42. The number of aryl methyl sites for hydroxylation is 1. The number of nitrogens with zero attached hydrogens (tertiary/aromatic N) is 2. The van der Waals surface area contributed by atoms with Gasteiger partial charge in [0.1, 0.15) is 5.75 Å². The maximum Gasteiger partial charge on any atom is 0.416 e. The highest BCUT2D eigenvalue weighted by Crippen LogP contribution is 2.38. The molecule has 2 aliphatic rings. The summed E-state index contributed by atoms with van der Waals surface area (Å²) in [5.41, 5.74) is -0.112. The van der Waals surface area contributed by atoms with E-state index in [1.165, 1.54) is 12.1 Å². The molecule has 4 rings (SSSR count). The van der Waals surface area contributed by atoms with Gasteiger partial charge in [0.15, 0.2) is 0 Å². The molecule has 2 fully saturated rings. The third-order valence-electron chi connectivity index (χ3n) is 7.48. The topological polar surface area (TPSA) is 49.9 Å². The standard InChI is InChI=1S/C28H32ClF3N2O3/c1-20-17-23(9-10-24(20)29)37-19-27(18-25(35)33-13-3-2-4-14-33)11-15-34(16-12-27)26(36)21-5-7-22(8-6-21)28(30,31)32/h5-10,17H,2-4,11-16,18-19H2,1H3. The Morgan fingerprint density at radius 1 is 0.946 bits per heavy atom. The van der Waals surface area contributed by atoms with Gasteiger partial charge < -0.3 is 14.5 Å². The molecular weight excluding hydrogens is 505 g/mol. The minimum absolute atomic E-state index is 0.109. The maximum absolute atomic E-state index is 13.2. The molecule has 2 heterocycles. The first-order chi connectivity index (χ1) is 17.6. The van der Waals surface area contributed by atoms with E-state index in [-0.39, 0.29) is 17.4 Å². The second kappa shape index (κ2) is 11.3. The first-order valence-electron chi connectivity index (χ1n) is 12.7. The highest BCUT2D eigenvalue weighted by Gasteiger charge is 2.40. The molecule has 37 heavy (non-hydrogen) atoms. The molecule has 2 aromatic rings. The van der Waals surface area contributed by atoms with Gasteiger partial charge in [-0.15, -0.1) is 0 Å². The number of halogens is 4. The predicted molar refractivity (Wildman–Crippen MR) is 136 cm³/mol. The summed E-state index contributed by atoms with van der Waals surface area (Å²) in [7, 11) is 0. The summed E-state index contributed by atoms with van der Waals surface area (Å²) in [5, 5.41) is 0.650. The molecule has 0 unspecified atom stereocenters. The summed E-state index contributed by atoms with van der Waals surface area (Å²) >= 11 is 6.14. The summed E-state index contributed by atoms with van der Waals surface area (Å²) in [6.45, 7) is 4.56. The molecule has 0 saturated carbocycles. The summed E-state index contributed by atoms with van der Waals surface area (Å²) in [5.74, 6) is 0.479. The molecule has 0 atom stereocenters. The van der Waals surface area contributed by atoms with Crippen LogP contribution in [-0.2, 0) is 11.0 Å². The van der Waals surface area contributed by atoms with Crippen LogP contribution in [0.15, 0.2) is 42.5 Å². The molecule has 0 spiro atoms. The number of carbonyl (C=O) groups excluding carboxylic acids is 2. The van der Waals surface area contributed by atoms with Gasteiger partial charge in [-0.3, -0.25) is 9.59 Å². The van der Waals surface area contributed by atoms with Crippen LogP contribution in [-0.4, -0.2) is 54.4 Å². The Kier molecular flexibility index (Phi) is 8.36. The van der Waals surface area contributed by atoms with Crippen LogP contribution in [0.25, 0.3) is 0 Å². The highest BCUT2D eigenvalue weighted by atomic mass is 35.5. The molecule has 200 valence electrons. The predicted octanol–water partition coefficient (Wildman–Crippen LogP) is 6.37. The summed E-state index contributed by atoms with van der Waals surface area (Å²) < 4.78 is 44.8. The second-order valence-corrected chi connectivity index (χ2v) is 10.6. The van der Waals surface area contributed by atoms with Crippen LogP contribution in [0.3, 0.4) is 0 Å². The number of hydrogen-bond donors (Lipinski definition) is 0. The van der Waals surface area contributed by atoms with Crippen molar-refractivity contribution in [2.75, 3.05) is 32.8 Å². The van der Waals surface area contributed by atoms with Crippen molar-refractivity contribution in [1.29, 1.82) is 0 Å². The van der Waals surface area contributed by atoms with Crippen molar-refractivity contribution in [1.82, 2.24) is 9.80 Å². The van der Waals surface area contributed by atoms with E-state index in [0.29, 0.717) is 49.7 Å². The fourth-order valence-corrected chi connectivity index (χ4v) is 5.18. The maximum atomic E-state index is 13.2. The first-order valence-corrected chi connectivity index (χ1v) is 13.1. The number of carbonyl (C=O) groups is 2. The Labute approximate surface area is 220 Å². The Morgan fingerprint density at radius 2 is 1.59 bits per heavy atom. The molecule has 2 amide bonds. The monoisotopic (exact) mass is 536 g/mol. The third kappa shape index (κ3) is 6.78. The smallest absolute Gasteiger partial charge is 0.416 e.